The Morgan fingerprint density at radius 1 is 0.958 bits per heavy atom. The molecule has 0 saturated heterocycles. The normalized spacial score (nSPS) is 10.2. The molecular formula is C17H13ClN4O2. The molecule has 24 heavy (non-hydrogen) atoms. The number of para-hydroxylation sites is 2. The predicted molar refractivity (Wildman–Crippen MR) is 93.5 cm³/mol. The minimum absolute atomic E-state index is 0.143. The maximum absolute atomic E-state index is 11.3. The molecule has 0 amide bonds. The van der Waals surface area contributed by atoms with Crippen molar-refractivity contribution in [1.29, 1.82) is 0 Å². The zero-order valence-electron chi connectivity index (χ0n) is 12.4. The second-order valence-corrected chi connectivity index (χ2v) is 5.25. The van der Waals surface area contributed by atoms with Gasteiger partial charge in [-0.2, -0.15) is 4.98 Å². The smallest absolute Gasteiger partial charge is 0.337 e. The Balaban J connectivity index is 1.88. The number of benzene rings is 2. The van der Waals surface area contributed by atoms with Crippen LogP contribution in [0.4, 0.5) is 23.1 Å². The van der Waals surface area contributed by atoms with Gasteiger partial charge in [0.05, 0.1) is 11.3 Å². The summed E-state index contributed by atoms with van der Waals surface area (Å²) in [5.41, 5.74) is 1.38. The molecule has 1 heterocycles. The first-order valence-corrected chi connectivity index (χ1v) is 7.45. The number of aromatic carboxylic acids is 1. The van der Waals surface area contributed by atoms with Gasteiger partial charge in [0.15, 0.2) is 0 Å². The third-order valence-electron chi connectivity index (χ3n) is 3.15. The molecule has 0 unspecified atom stereocenters. The molecule has 0 bridgehead atoms. The second kappa shape index (κ2) is 6.97. The Kier molecular flexibility index (Phi) is 4.58. The topological polar surface area (TPSA) is 87.1 Å². The predicted octanol–water partition coefficient (Wildman–Crippen LogP) is 4.32. The number of carboxylic acids is 1. The van der Waals surface area contributed by atoms with Crippen molar-refractivity contribution < 1.29 is 9.90 Å². The molecule has 120 valence electrons. The van der Waals surface area contributed by atoms with Crippen molar-refractivity contribution >= 4 is 40.7 Å². The van der Waals surface area contributed by atoms with Gasteiger partial charge < -0.3 is 15.7 Å². The molecule has 0 atom stereocenters. The van der Waals surface area contributed by atoms with Crippen LogP contribution in [-0.4, -0.2) is 21.0 Å². The van der Waals surface area contributed by atoms with Crippen LogP contribution in [0.1, 0.15) is 10.4 Å². The van der Waals surface area contributed by atoms with Crippen LogP contribution in [0.25, 0.3) is 0 Å². The van der Waals surface area contributed by atoms with Gasteiger partial charge in [0.2, 0.25) is 5.95 Å². The van der Waals surface area contributed by atoms with Crippen LogP contribution >= 0.6 is 11.6 Å². The first-order chi connectivity index (χ1) is 11.6. The highest BCUT2D eigenvalue weighted by Gasteiger charge is 2.11. The van der Waals surface area contributed by atoms with Gasteiger partial charge in [-0.05, 0) is 24.3 Å². The molecule has 6 nitrogen and oxygen atoms in total. The molecule has 0 radical (unpaired) electrons. The lowest BCUT2D eigenvalue weighted by Crippen LogP contribution is -2.05. The molecule has 0 fully saturated rings. The molecule has 0 spiro atoms. The summed E-state index contributed by atoms with van der Waals surface area (Å²) in [6.45, 7) is 0. The molecule has 0 aliphatic rings. The zero-order chi connectivity index (χ0) is 16.9. The Labute approximate surface area is 143 Å². The second-order valence-electron chi connectivity index (χ2n) is 4.87. The minimum atomic E-state index is -1.03. The van der Waals surface area contributed by atoms with E-state index in [1.54, 1.807) is 18.2 Å². The molecule has 0 aliphatic carbocycles. The fourth-order valence-electron chi connectivity index (χ4n) is 2.10. The Morgan fingerprint density at radius 2 is 1.67 bits per heavy atom. The average molecular weight is 341 g/mol. The summed E-state index contributed by atoms with van der Waals surface area (Å²) < 4.78 is 0. The first kappa shape index (κ1) is 15.8. The summed E-state index contributed by atoms with van der Waals surface area (Å²) in [4.78, 5) is 19.7. The third-order valence-corrected chi connectivity index (χ3v) is 3.34. The van der Waals surface area contributed by atoms with E-state index in [0.29, 0.717) is 17.5 Å². The molecular weight excluding hydrogens is 328 g/mol. The number of nitrogens with zero attached hydrogens (tertiary/aromatic N) is 2. The van der Waals surface area contributed by atoms with E-state index in [9.17, 15) is 9.90 Å². The van der Waals surface area contributed by atoms with Crippen molar-refractivity contribution in [3.05, 3.63) is 71.4 Å². The maximum atomic E-state index is 11.3. The van der Waals surface area contributed by atoms with Crippen molar-refractivity contribution in [1.82, 2.24) is 9.97 Å². The quantitative estimate of drug-likeness (QED) is 0.600. The zero-order valence-corrected chi connectivity index (χ0v) is 13.2. The van der Waals surface area contributed by atoms with E-state index in [-0.39, 0.29) is 10.7 Å². The lowest BCUT2D eigenvalue weighted by atomic mass is 10.2. The molecule has 0 saturated carbocycles. The first-order valence-electron chi connectivity index (χ1n) is 7.08. The highest BCUT2D eigenvalue weighted by Crippen LogP contribution is 2.23. The van der Waals surface area contributed by atoms with Gasteiger partial charge in [0.1, 0.15) is 11.0 Å². The van der Waals surface area contributed by atoms with E-state index in [1.807, 2.05) is 30.3 Å². The van der Waals surface area contributed by atoms with Crippen LogP contribution in [0.5, 0.6) is 0 Å². The molecule has 3 N–H and O–H groups in total. The molecule has 0 aliphatic heterocycles. The van der Waals surface area contributed by atoms with Crippen LogP contribution in [0.2, 0.25) is 5.15 Å². The molecule has 3 rings (SSSR count). The minimum Gasteiger partial charge on any atom is -0.478 e. The van der Waals surface area contributed by atoms with E-state index in [1.165, 1.54) is 12.1 Å². The van der Waals surface area contributed by atoms with E-state index in [2.05, 4.69) is 20.6 Å². The number of carboxylic acid groups (broad SMARTS) is 1. The molecule has 7 heteroatoms. The Hall–Kier alpha value is -3.12. The largest absolute Gasteiger partial charge is 0.478 e. The van der Waals surface area contributed by atoms with E-state index in [0.717, 1.165) is 5.69 Å². The number of anilines is 4. The fraction of sp³-hybridized carbons (Fsp3) is 0. The van der Waals surface area contributed by atoms with Gasteiger partial charge >= 0.3 is 5.97 Å². The van der Waals surface area contributed by atoms with Gasteiger partial charge in [-0.25, -0.2) is 9.78 Å². The molecule has 2 aromatic carbocycles. The van der Waals surface area contributed by atoms with Crippen LogP contribution in [0, 0.1) is 0 Å². The van der Waals surface area contributed by atoms with Crippen LogP contribution in [-0.2, 0) is 0 Å². The van der Waals surface area contributed by atoms with Crippen molar-refractivity contribution in [3.8, 4) is 0 Å². The van der Waals surface area contributed by atoms with Gasteiger partial charge in [0, 0.05) is 11.8 Å². The summed E-state index contributed by atoms with van der Waals surface area (Å²) >= 11 is 6.04. The Morgan fingerprint density at radius 3 is 2.42 bits per heavy atom. The number of carbonyl (C=O) groups is 1. The number of nitrogens with one attached hydrogen (secondary N) is 2. The van der Waals surface area contributed by atoms with Crippen molar-refractivity contribution in [2.24, 2.45) is 0 Å². The third kappa shape index (κ3) is 3.80. The van der Waals surface area contributed by atoms with Gasteiger partial charge in [-0.3, -0.25) is 0 Å². The standard InChI is InChI=1S/C17H13ClN4O2/c18-14-10-15(20-13-9-5-4-8-12(13)16(23)24)22-17(21-14)19-11-6-2-1-3-7-11/h1-10H,(H,23,24)(H2,19,20,21,22). The number of aromatic nitrogens is 2. The lowest BCUT2D eigenvalue weighted by Gasteiger charge is -2.11. The number of hydrogen-bond donors (Lipinski definition) is 3. The lowest BCUT2D eigenvalue weighted by molar-refractivity contribution is 0.0698. The van der Waals surface area contributed by atoms with Gasteiger partial charge in [-0.15, -0.1) is 0 Å². The summed E-state index contributed by atoms with van der Waals surface area (Å²) in [6.07, 6.45) is 0. The summed E-state index contributed by atoms with van der Waals surface area (Å²) in [5, 5.41) is 15.5. The van der Waals surface area contributed by atoms with Gasteiger partial charge in [-0.1, -0.05) is 41.9 Å². The van der Waals surface area contributed by atoms with Crippen molar-refractivity contribution in [3.63, 3.8) is 0 Å². The van der Waals surface area contributed by atoms with E-state index in [4.69, 9.17) is 11.6 Å². The Bertz CT molecular complexity index is 871. The summed E-state index contributed by atoms with van der Waals surface area (Å²) in [6, 6.07) is 17.5. The van der Waals surface area contributed by atoms with Gasteiger partial charge in [0.25, 0.3) is 0 Å². The number of hydrogen-bond acceptors (Lipinski definition) is 5. The SMILES string of the molecule is O=C(O)c1ccccc1Nc1cc(Cl)nc(Nc2ccccc2)n1. The highest BCUT2D eigenvalue weighted by atomic mass is 35.5. The summed E-state index contributed by atoms with van der Waals surface area (Å²) in [7, 11) is 0. The fourth-order valence-corrected chi connectivity index (χ4v) is 2.29. The van der Waals surface area contributed by atoms with E-state index >= 15 is 0 Å². The average Bonchev–Trinajstić information content (AvgIpc) is 2.55. The van der Waals surface area contributed by atoms with Crippen LogP contribution in [0.15, 0.2) is 60.7 Å². The van der Waals surface area contributed by atoms with Crippen LogP contribution < -0.4 is 10.6 Å². The number of rotatable bonds is 5. The molecule has 3 aromatic rings. The molecule has 1 aromatic heterocycles. The van der Waals surface area contributed by atoms with Crippen LogP contribution in [0.3, 0.4) is 0 Å². The number of halogens is 1. The van der Waals surface area contributed by atoms with Crippen molar-refractivity contribution in [2.75, 3.05) is 10.6 Å². The monoisotopic (exact) mass is 340 g/mol. The summed E-state index contributed by atoms with van der Waals surface area (Å²) in [5.74, 6) is -0.327. The van der Waals surface area contributed by atoms with E-state index < -0.39 is 5.97 Å². The highest BCUT2D eigenvalue weighted by molar-refractivity contribution is 6.29. The maximum Gasteiger partial charge on any atom is 0.337 e. The van der Waals surface area contributed by atoms with Crippen molar-refractivity contribution in [2.45, 2.75) is 0 Å².